The van der Waals surface area contributed by atoms with E-state index in [1.807, 2.05) is 56.0 Å². The lowest BCUT2D eigenvalue weighted by atomic mass is 10.2. The lowest BCUT2D eigenvalue weighted by molar-refractivity contribution is 0.0730. The Bertz CT molecular complexity index is 2410. The van der Waals surface area contributed by atoms with E-state index in [0.717, 1.165) is 41.6 Å². The summed E-state index contributed by atoms with van der Waals surface area (Å²) < 4.78 is 35.5. The largest absolute Gasteiger partial charge is 0.492 e. The average molecular weight is 842 g/mol. The van der Waals surface area contributed by atoms with E-state index in [1.54, 1.807) is 56.7 Å². The fourth-order valence-corrected chi connectivity index (χ4v) is 7.63. The molecule has 0 atom stereocenters. The second-order valence-corrected chi connectivity index (χ2v) is 14.9. The summed E-state index contributed by atoms with van der Waals surface area (Å²) in [5, 5.41) is 9.90. The lowest BCUT2D eigenvalue weighted by Gasteiger charge is -2.36. The molecule has 306 valence electrons. The number of aryl methyl sites for hydroxylation is 2. The van der Waals surface area contributed by atoms with Gasteiger partial charge >= 0.3 is 0 Å². The Morgan fingerprint density at radius 1 is 0.610 bits per heavy atom. The molecule has 2 fully saturated rings. The van der Waals surface area contributed by atoms with E-state index in [1.165, 1.54) is 24.3 Å². The summed E-state index contributed by atoms with van der Waals surface area (Å²) in [4.78, 5) is 34.4. The Morgan fingerprint density at radius 2 is 1.05 bits per heavy atom. The minimum absolute atomic E-state index is 0.0716. The van der Waals surface area contributed by atoms with Crippen molar-refractivity contribution in [3.63, 3.8) is 0 Å². The number of hydrogen-bond acceptors (Lipinski definition) is 7. The monoisotopic (exact) mass is 840 g/mol. The Hall–Kier alpha value is -5.92. The van der Waals surface area contributed by atoms with Crippen molar-refractivity contribution in [2.24, 2.45) is 0 Å². The maximum Gasteiger partial charge on any atom is 0.272 e. The van der Waals surface area contributed by atoms with Crippen molar-refractivity contribution in [1.29, 1.82) is 0 Å². The van der Waals surface area contributed by atoms with Crippen LogP contribution in [0.2, 0.25) is 10.0 Å². The van der Waals surface area contributed by atoms with Gasteiger partial charge in [0.05, 0.1) is 50.8 Å². The van der Waals surface area contributed by atoms with Gasteiger partial charge < -0.3 is 24.3 Å². The molecule has 0 radical (unpaired) electrons. The van der Waals surface area contributed by atoms with Crippen LogP contribution in [0.5, 0.6) is 5.75 Å². The fraction of sp³-hybridized carbons (Fsp3) is 0.273. The van der Waals surface area contributed by atoms with Crippen LogP contribution in [-0.4, -0.2) is 100 Å². The average Bonchev–Trinajstić information content (AvgIpc) is 3.85. The van der Waals surface area contributed by atoms with E-state index in [4.69, 9.17) is 27.9 Å². The Kier molecular flexibility index (Phi) is 12.8. The number of para-hydroxylation sites is 2. The fourth-order valence-electron chi connectivity index (χ4n) is 7.22. The molecule has 2 amide bonds. The third-order valence-corrected chi connectivity index (χ3v) is 11.0. The molecule has 0 aliphatic carbocycles. The highest BCUT2D eigenvalue weighted by atomic mass is 35.5. The molecule has 2 aliphatic rings. The van der Waals surface area contributed by atoms with Gasteiger partial charge in [0, 0.05) is 52.4 Å². The highest BCUT2D eigenvalue weighted by Crippen LogP contribution is 2.33. The summed E-state index contributed by atoms with van der Waals surface area (Å²) in [6, 6.07) is 29.0. The first-order valence-corrected chi connectivity index (χ1v) is 20.2. The van der Waals surface area contributed by atoms with Crippen LogP contribution in [0, 0.1) is 25.5 Å². The van der Waals surface area contributed by atoms with Gasteiger partial charge in [-0.25, -0.2) is 18.1 Å². The molecule has 6 aromatic rings. The Morgan fingerprint density at radius 3 is 1.53 bits per heavy atom. The summed E-state index contributed by atoms with van der Waals surface area (Å²) in [5.74, 6) is 0.0366. The van der Waals surface area contributed by atoms with Crippen molar-refractivity contribution in [2.45, 2.75) is 20.8 Å². The maximum absolute atomic E-state index is 13.3. The highest BCUT2D eigenvalue weighted by Gasteiger charge is 2.28. The van der Waals surface area contributed by atoms with Crippen LogP contribution in [0.1, 0.15) is 39.3 Å². The number of carbonyl (C=O) groups excluding carboxylic acids is 2. The van der Waals surface area contributed by atoms with Gasteiger partial charge in [0.25, 0.3) is 11.8 Å². The molecule has 4 heterocycles. The first kappa shape index (κ1) is 41.2. The molecule has 2 saturated heterocycles. The molecule has 4 aromatic carbocycles. The molecule has 0 N–H and O–H groups in total. The van der Waals surface area contributed by atoms with Crippen LogP contribution in [-0.2, 0) is 0 Å². The topological polar surface area (TPSA) is 92.0 Å². The highest BCUT2D eigenvalue weighted by molar-refractivity contribution is 6.43. The van der Waals surface area contributed by atoms with E-state index in [2.05, 4.69) is 26.1 Å². The van der Waals surface area contributed by atoms with Crippen LogP contribution >= 0.6 is 23.2 Å². The van der Waals surface area contributed by atoms with Crippen LogP contribution in [0.4, 0.5) is 20.2 Å². The molecule has 0 spiro atoms. The van der Waals surface area contributed by atoms with E-state index in [9.17, 15) is 18.4 Å². The second-order valence-electron chi connectivity index (χ2n) is 14.2. The molecule has 0 bridgehead atoms. The number of nitrogens with zero attached hydrogens (tertiary/aromatic N) is 8. The molecular weight excluding hydrogens is 797 g/mol. The summed E-state index contributed by atoms with van der Waals surface area (Å²) in [6.07, 6.45) is 0. The number of hydrogen-bond donors (Lipinski definition) is 0. The van der Waals surface area contributed by atoms with Gasteiger partial charge in [0.15, 0.2) is 0 Å². The van der Waals surface area contributed by atoms with Gasteiger partial charge in [-0.2, -0.15) is 10.2 Å². The standard InChI is InChI=1S/C23H25FN4O2.C21H19Cl2FN4O/c1-3-30-22-7-5-4-6-20(22)26-12-14-27(15-13-26)23(29)21-16-17(2)25-28(21)19-10-8-18(24)9-11-19;1-14-13-19(28(25-14)16-7-5-15(24)6-8-16)21(29)27-11-9-26(10-12-27)18-4-2-3-17(22)20(18)23/h4-11,16H,3,12-15H2,1-2H3;2-8,13H,9-12H2,1H3. The van der Waals surface area contributed by atoms with Crippen molar-refractivity contribution >= 4 is 46.4 Å². The van der Waals surface area contributed by atoms with Crippen LogP contribution in [0.3, 0.4) is 0 Å². The number of rotatable bonds is 8. The molecule has 8 rings (SSSR count). The molecule has 0 saturated carbocycles. The summed E-state index contributed by atoms with van der Waals surface area (Å²) >= 11 is 12.5. The minimum atomic E-state index is -0.332. The van der Waals surface area contributed by atoms with Crippen molar-refractivity contribution in [1.82, 2.24) is 29.4 Å². The molecule has 11 nitrogen and oxygen atoms in total. The number of anilines is 2. The molecule has 0 unspecified atom stereocenters. The zero-order valence-corrected chi connectivity index (χ0v) is 34.5. The molecular formula is C44H44Cl2F2N8O3. The predicted molar refractivity (Wildman–Crippen MR) is 227 cm³/mol. The van der Waals surface area contributed by atoms with Crippen LogP contribution < -0.4 is 14.5 Å². The first-order valence-electron chi connectivity index (χ1n) is 19.4. The number of piperazine rings is 2. The van der Waals surface area contributed by atoms with E-state index in [-0.39, 0.29) is 23.4 Å². The Balaban J connectivity index is 0.000000179. The smallest absolute Gasteiger partial charge is 0.272 e. The third kappa shape index (κ3) is 9.37. The SMILES string of the molecule is CCOc1ccccc1N1CCN(C(=O)c2cc(C)nn2-c2ccc(F)cc2)CC1.Cc1cc(C(=O)N2CCN(c3cccc(Cl)c3Cl)CC2)n(-c2ccc(F)cc2)n1. The normalized spacial score (nSPS) is 14.2. The van der Waals surface area contributed by atoms with E-state index in [0.29, 0.717) is 78.7 Å². The van der Waals surface area contributed by atoms with Gasteiger partial charge in [-0.1, -0.05) is 41.4 Å². The molecule has 15 heteroatoms. The number of aromatic nitrogens is 4. The van der Waals surface area contributed by atoms with Crippen molar-refractivity contribution in [3.8, 4) is 17.1 Å². The summed E-state index contributed by atoms with van der Waals surface area (Å²) in [7, 11) is 0. The lowest BCUT2D eigenvalue weighted by Crippen LogP contribution is -2.49. The minimum Gasteiger partial charge on any atom is -0.492 e. The van der Waals surface area contributed by atoms with Crippen LogP contribution in [0.25, 0.3) is 11.4 Å². The number of ether oxygens (including phenoxy) is 1. The quantitative estimate of drug-likeness (QED) is 0.153. The van der Waals surface area contributed by atoms with E-state index < -0.39 is 0 Å². The zero-order valence-electron chi connectivity index (χ0n) is 33.0. The van der Waals surface area contributed by atoms with Gasteiger partial charge in [-0.15, -0.1) is 0 Å². The van der Waals surface area contributed by atoms with Crippen molar-refractivity contribution < 1.29 is 23.1 Å². The first-order chi connectivity index (χ1) is 28.5. The van der Waals surface area contributed by atoms with Gasteiger partial charge in [-0.05, 0) is 106 Å². The maximum atomic E-state index is 13.3. The van der Waals surface area contributed by atoms with Crippen LogP contribution in [0.15, 0.2) is 103 Å². The number of amides is 2. The number of halogens is 4. The molecule has 59 heavy (non-hydrogen) atoms. The number of carbonyl (C=O) groups is 2. The van der Waals surface area contributed by atoms with Crippen molar-refractivity contribution in [2.75, 3.05) is 68.8 Å². The second kappa shape index (κ2) is 18.3. The molecule has 2 aromatic heterocycles. The van der Waals surface area contributed by atoms with Gasteiger partial charge in [0.1, 0.15) is 28.8 Å². The number of benzene rings is 4. The van der Waals surface area contributed by atoms with E-state index >= 15 is 0 Å². The Labute approximate surface area is 351 Å². The van der Waals surface area contributed by atoms with Crippen molar-refractivity contribution in [3.05, 3.63) is 148 Å². The third-order valence-electron chi connectivity index (χ3n) is 10.2. The summed E-state index contributed by atoms with van der Waals surface area (Å²) in [6.45, 7) is 11.3. The van der Waals surface area contributed by atoms with Gasteiger partial charge in [0.2, 0.25) is 0 Å². The predicted octanol–water partition coefficient (Wildman–Crippen LogP) is 8.27. The molecule has 2 aliphatic heterocycles. The zero-order chi connectivity index (χ0) is 41.6. The summed E-state index contributed by atoms with van der Waals surface area (Å²) in [5.41, 5.74) is 5.65. The van der Waals surface area contributed by atoms with Gasteiger partial charge in [-0.3, -0.25) is 9.59 Å².